The molecule has 0 heterocycles. The smallest absolute Gasteiger partial charge is 0.397 e. The van der Waals surface area contributed by atoms with Crippen LogP contribution < -0.4 is 11.1 Å². The molecule has 0 aromatic heterocycles. The molecule has 0 saturated heterocycles. The molecule has 4 nitrogen and oxygen atoms in total. The molecule has 2 rings (SSSR count). The number of rotatable bonds is 5. The number of nitrogen functional groups attached to an aromatic ring is 1. The minimum Gasteiger partial charge on any atom is -0.397 e. The third-order valence-electron chi connectivity index (χ3n) is 3.47. The van der Waals surface area contributed by atoms with Gasteiger partial charge in [0, 0.05) is 6.04 Å². The summed E-state index contributed by atoms with van der Waals surface area (Å²) in [4.78, 5) is 13.4. The van der Waals surface area contributed by atoms with Crippen molar-refractivity contribution in [3.8, 4) is 0 Å². The molecule has 3 N–H and O–H groups in total. The molecular weight excluding hydrogens is 283 g/mol. The van der Waals surface area contributed by atoms with E-state index >= 15 is 0 Å². The molecule has 0 spiro atoms. The molecule has 21 heavy (non-hydrogen) atoms. The number of para-hydroxylation sites is 2. The molecule has 1 atom stereocenters. The zero-order chi connectivity index (χ0) is 15.6. The number of anilines is 2. The van der Waals surface area contributed by atoms with Gasteiger partial charge in [-0.25, -0.2) is 0 Å². The Morgan fingerprint density at radius 2 is 2.05 bits per heavy atom. The minimum atomic E-state index is -4.32. The lowest BCUT2D eigenvalue weighted by Crippen LogP contribution is -2.47. The zero-order valence-corrected chi connectivity index (χ0v) is 11.7. The van der Waals surface area contributed by atoms with Gasteiger partial charge in [0.1, 0.15) is 0 Å². The summed E-state index contributed by atoms with van der Waals surface area (Å²) in [5.74, 6) is -0.482. The molecular formula is C14H18F3N3O. The Bertz CT molecular complexity index is 514. The van der Waals surface area contributed by atoms with Crippen molar-refractivity contribution in [2.45, 2.75) is 38.0 Å². The lowest BCUT2D eigenvalue weighted by Gasteiger charge is -2.29. The standard InChI is InChI=1S/C14H18F3N3O/c1-9(20(10-6-7-10)8-14(15,16)17)13(21)19-12-5-3-2-4-11(12)18/h2-5,9-10H,6-8,18H2,1H3,(H,19,21). The Hall–Kier alpha value is -1.76. The maximum atomic E-state index is 12.6. The van der Waals surface area contributed by atoms with Crippen LogP contribution in [0.4, 0.5) is 24.5 Å². The van der Waals surface area contributed by atoms with E-state index < -0.39 is 24.7 Å². The van der Waals surface area contributed by atoms with Crippen LogP contribution in [0.2, 0.25) is 0 Å². The maximum absolute atomic E-state index is 12.6. The average molecular weight is 301 g/mol. The van der Waals surface area contributed by atoms with Crippen molar-refractivity contribution in [2.75, 3.05) is 17.6 Å². The minimum absolute atomic E-state index is 0.166. The summed E-state index contributed by atoms with van der Waals surface area (Å²) in [5.41, 5.74) is 6.51. The number of hydrogen-bond donors (Lipinski definition) is 2. The fourth-order valence-corrected chi connectivity index (χ4v) is 2.19. The van der Waals surface area contributed by atoms with Gasteiger partial charge in [0.05, 0.1) is 24.0 Å². The van der Waals surface area contributed by atoms with Crippen LogP contribution in [-0.2, 0) is 4.79 Å². The molecule has 1 aromatic rings. The van der Waals surface area contributed by atoms with Crippen molar-refractivity contribution in [1.82, 2.24) is 4.90 Å². The molecule has 1 fully saturated rings. The van der Waals surface area contributed by atoms with Gasteiger partial charge in [-0.3, -0.25) is 9.69 Å². The van der Waals surface area contributed by atoms with Crippen LogP contribution in [0, 0.1) is 0 Å². The molecule has 1 unspecified atom stereocenters. The Morgan fingerprint density at radius 1 is 1.43 bits per heavy atom. The zero-order valence-electron chi connectivity index (χ0n) is 11.7. The fourth-order valence-electron chi connectivity index (χ4n) is 2.19. The van der Waals surface area contributed by atoms with Crippen LogP contribution in [0.3, 0.4) is 0 Å². The van der Waals surface area contributed by atoms with E-state index in [0.717, 1.165) is 0 Å². The number of nitrogens with zero attached hydrogens (tertiary/aromatic N) is 1. The van der Waals surface area contributed by atoms with E-state index in [4.69, 9.17) is 5.73 Å². The number of carbonyl (C=O) groups is 1. The normalized spacial score (nSPS) is 16.8. The van der Waals surface area contributed by atoms with Crippen molar-refractivity contribution in [1.29, 1.82) is 0 Å². The molecule has 1 amide bonds. The Kier molecular flexibility index (Phi) is 4.41. The lowest BCUT2D eigenvalue weighted by molar-refractivity contribution is -0.154. The van der Waals surface area contributed by atoms with Crippen molar-refractivity contribution in [2.24, 2.45) is 0 Å². The predicted octanol–water partition coefficient (Wildman–Crippen LogP) is 2.62. The van der Waals surface area contributed by atoms with Crippen molar-refractivity contribution >= 4 is 17.3 Å². The van der Waals surface area contributed by atoms with Crippen LogP contribution in [0.5, 0.6) is 0 Å². The molecule has 0 radical (unpaired) electrons. The molecule has 1 aliphatic carbocycles. The van der Waals surface area contributed by atoms with Gasteiger partial charge in [-0.1, -0.05) is 12.1 Å². The van der Waals surface area contributed by atoms with Gasteiger partial charge in [-0.05, 0) is 31.9 Å². The van der Waals surface area contributed by atoms with Crippen molar-refractivity contribution in [3.05, 3.63) is 24.3 Å². The Morgan fingerprint density at radius 3 is 2.57 bits per heavy atom. The van der Waals surface area contributed by atoms with E-state index in [1.807, 2.05) is 0 Å². The Balaban J connectivity index is 2.04. The number of halogens is 3. The van der Waals surface area contributed by atoms with Gasteiger partial charge in [0.2, 0.25) is 5.91 Å². The molecule has 0 aliphatic heterocycles. The molecule has 1 aliphatic rings. The first-order valence-electron chi connectivity index (χ1n) is 6.76. The quantitative estimate of drug-likeness (QED) is 0.822. The van der Waals surface area contributed by atoms with E-state index in [1.165, 1.54) is 11.8 Å². The maximum Gasteiger partial charge on any atom is 0.401 e. The molecule has 1 aromatic carbocycles. The first kappa shape index (κ1) is 15.6. The fraction of sp³-hybridized carbons (Fsp3) is 0.500. The van der Waals surface area contributed by atoms with Gasteiger partial charge in [0.15, 0.2) is 0 Å². The van der Waals surface area contributed by atoms with Crippen LogP contribution in [-0.4, -0.2) is 35.6 Å². The van der Waals surface area contributed by atoms with E-state index in [0.29, 0.717) is 24.2 Å². The van der Waals surface area contributed by atoms with E-state index in [1.54, 1.807) is 24.3 Å². The summed E-state index contributed by atoms with van der Waals surface area (Å²) in [7, 11) is 0. The summed E-state index contributed by atoms with van der Waals surface area (Å²) < 4.78 is 37.8. The second-order valence-electron chi connectivity index (χ2n) is 5.27. The number of benzene rings is 1. The monoisotopic (exact) mass is 301 g/mol. The number of carbonyl (C=O) groups excluding carboxylic acids is 1. The summed E-state index contributed by atoms with van der Waals surface area (Å²) in [6.07, 6.45) is -2.93. The van der Waals surface area contributed by atoms with Crippen molar-refractivity contribution in [3.63, 3.8) is 0 Å². The second kappa shape index (κ2) is 5.93. The second-order valence-corrected chi connectivity index (χ2v) is 5.27. The van der Waals surface area contributed by atoms with Gasteiger partial charge in [-0.15, -0.1) is 0 Å². The van der Waals surface area contributed by atoms with Gasteiger partial charge in [-0.2, -0.15) is 13.2 Å². The molecule has 1 saturated carbocycles. The van der Waals surface area contributed by atoms with Crippen LogP contribution >= 0.6 is 0 Å². The van der Waals surface area contributed by atoms with Crippen LogP contribution in [0.1, 0.15) is 19.8 Å². The molecule has 0 bridgehead atoms. The predicted molar refractivity (Wildman–Crippen MR) is 74.7 cm³/mol. The summed E-state index contributed by atoms with van der Waals surface area (Å²) in [6, 6.07) is 5.62. The SMILES string of the molecule is CC(C(=O)Nc1ccccc1N)N(CC(F)(F)F)C1CC1. The third kappa shape index (κ3) is 4.35. The van der Waals surface area contributed by atoms with E-state index in [2.05, 4.69) is 5.32 Å². The number of nitrogens with one attached hydrogen (secondary N) is 1. The highest BCUT2D eigenvalue weighted by atomic mass is 19.4. The number of nitrogens with two attached hydrogens (primary N) is 1. The first-order chi connectivity index (χ1) is 9.78. The number of amides is 1. The van der Waals surface area contributed by atoms with Crippen molar-refractivity contribution < 1.29 is 18.0 Å². The van der Waals surface area contributed by atoms with E-state index in [9.17, 15) is 18.0 Å². The topological polar surface area (TPSA) is 58.4 Å². The number of hydrogen-bond acceptors (Lipinski definition) is 3. The van der Waals surface area contributed by atoms with Gasteiger partial charge in [0.25, 0.3) is 0 Å². The van der Waals surface area contributed by atoms with Gasteiger partial charge >= 0.3 is 6.18 Å². The van der Waals surface area contributed by atoms with Crippen LogP contribution in [0.25, 0.3) is 0 Å². The first-order valence-corrected chi connectivity index (χ1v) is 6.76. The summed E-state index contributed by atoms with van der Waals surface area (Å²) in [5, 5.41) is 2.59. The Labute approximate surface area is 121 Å². The summed E-state index contributed by atoms with van der Waals surface area (Å²) in [6.45, 7) is 0.412. The number of alkyl halides is 3. The summed E-state index contributed by atoms with van der Waals surface area (Å²) >= 11 is 0. The van der Waals surface area contributed by atoms with Crippen LogP contribution in [0.15, 0.2) is 24.3 Å². The highest BCUT2D eigenvalue weighted by Gasteiger charge is 2.42. The highest BCUT2D eigenvalue weighted by molar-refractivity contribution is 5.97. The molecule has 116 valence electrons. The highest BCUT2D eigenvalue weighted by Crippen LogP contribution is 2.32. The molecule has 7 heteroatoms. The average Bonchev–Trinajstić information content (AvgIpc) is 3.21. The lowest BCUT2D eigenvalue weighted by atomic mass is 10.2. The largest absolute Gasteiger partial charge is 0.401 e. The van der Waals surface area contributed by atoms with E-state index in [-0.39, 0.29) is 6.04 Å². The van der Waals surface area contributed by atoms with Gasteiger partial charge < -0.3 is 11.1 Å². The third-order valence-corrected chi connectivity index (χ3v) is 3.47.